The lowest BCUT2D eigenvalue weighted by molar-refractivity contribution is 0.660. The van der Waals surface area contributed by atoms with E-state index in [-0.39, 0.29) is 10.8 Å². The van der Waals surface area contributed by atoms with Crippen LogP contribution < -0.4 is 0 Å². The van der Waals surface area contributed by atoms with Crippen LogP contribution in [0.25, 0.3) is 116 Å². The van der Waals surface area contributed by atoms with Crippen molar-refractivity contribution >= 4 is 43.2 Å². The fourth-order valence-corrected chi connectivity index (χ4v) is 12.6. The minimum absolute atomic E-state index is 0.141. The van der Waals surface area contributed by atoms with Gasteiger partial charge in [-0.05, 0) is 147 Å². The maximum atomic E-state index is 2.56. The molecule has 14 rings (SSSR count). The zero-order valence-corrected chi connectivity index (χ0v) is 39.3. The molecule has 0 bridgehead atoms. The smallest absolute Gasteiger partial charge is 0.0619 e. The summed E-state index contributed by atoms with van der Waals surface area (Å²) in [5, 5.41) is 8.68. The van der Waals surface area contributed by atoms with Crippen molar-refractivity contribution in [2.24, 2.45) is 0 Å². The summed E-state index contributed by atoms with van der Waals surface area (Å²) >= 11 is 0. The quantitative estimate of drug-likeness (QED) is 0.152. The Balaban J connectivity index is 1.16. The van der Waals surface area contributed by atoms with Crippen molar-refractivity contribution < 1.29 is 0 Å². The van der Waals surface area contributed by atoms with E-state index < -0.39 is 0 Å². The van der Waals surface area contributed by atoms with Crippen LogP contribution in [0.5, 0.6) is 0 Å². The molecule has 0 unspecified atom stereocenters. The van der Waals surface area contributed by atoms with Crippen LogP contribution in [-0.4, -0.2) is 4.57 Å². The Hall–Kier alpha value is -8.26. The summed E-state index contributed by atoms with van der Waals surface area (Å²) in [5.74, 6) is 0. The highest BCUT2D eigenvalue weighted by Gasteiger charge is 2.37. The van der Waals surface area contributed by atoms with Crippen LogP contribution in [0.1, 0.15) is 49.9 Å². The molecule has 0 aliphatic heterocycles. The van der Waals surface area contributed by atoms with Crippen LogP contribution >= 0.6 is 0 Å². The Bertz CT molecular complexity index is 4110. The summed E-state index contributed by atoms with van der Waals surface area (Å²) in [6.45, 7) is 9.57. The molecule has 2 aliphatic carbocycles. The Labute approximate surface area is 403 Å². The fourth-order valence-electron chi connectivity index (χ4n) is 12.6. The van der Waals surface area contributed by atoms with E-state index in [0.29, 0.717) is 0 Å². The van der Waals surface area contributed by atoms with Gasteiger partial charge in [-0.15, -0.1) is 0 Å². The number of nitrogens with zero attached hydrogens (tertiary/aromatic N) is 1. The van der Waals surface area contributed by atoms with E-state index >= 15 is 0 Å². The van der Waals surface area contributed by atoms with E-state index in [1.54, 1.807) is 0 Å². The maximum Gasteiger partial charge on any atom is 0.0619 e. The largest absolute Gasteiger partial charge is 0.309 e. The number of aromatic nitrogens is 1. The number of hydrogen-bond acceptors (Lipinski definition) is 0. The molecule has 1 heterocycles. The van der Waals surface area contributed by atoms with Crippen LogP contribution in [0.4, 0.5) is 0 Å². The molecule has 69 heavy (non-hydrogen) atoms. The Morgan fingerprint density at radius 1 is 0.290 bits per heavy atom. The van der Waals surface area contributed by atoms with E-state index in [4.69, 9.17) is 0 Å². The summed E-state index contributed by atoms with van der Waals surface area (Å²) in [7, 11) is 0. The van der Waals surface area contributed by atoms with E-state index in [9.17, 15) is 0 Å². The summed E-state index contributed by atoms with van der Waals surface area (Å²) in [4.78, 5) is 0. The van der Waals surface area contributed by atoms with Crippen molar-refractivity contribution in [3.05, 3.63) is 247 Å². The van der Waals surface area contributed by atoms with E-state index in [1.165, 1.54) is 132 Å². The first kappa shape index (κ1) is 39.9. The molecule has 0 fully saturated rings. The second-order valence-electron chi connectivity index (χ2n) is 20.4. The van der Waals surface area contributed by atoms with Gasteiger partial charge in [0.2, 0.25) is 0 Å². The topological polar surface area (TPSA) is 4.93 Å². The van der Waals surface area contributed by atoms with Gasteiger partial charge >= 0.3 is 0 Å². The summed E-state index contributed by atoms with van der Waals surface area (Å²) in [5.41, 5.74) is 22.7. The third kappa shape index (κ3) is 5.71. The Kier molecular flexibility index (Phi) is 8.45. The average Bonchev–Trinajstić information content (AvgIpc) is 3.94. The van der Waals surface area contributed by atoms with Gasteiger partial charge in [-0.3, -0.25) is 0 Å². The first-order valence-corrected chi connectivity index (χ1v) is 24.4. The zero-order chi connectivity index (χ0) is 46.2. The van der Waals surface area contributed by atoms with Crippen LogP contribution in [0, 0.1) is 0 Å². The number of rotatable bonds is 5. The molecule has 0 amide bonds. The highest BCUT2D eigenvalue weighted by molar-refractivity contribution is 6.25. The van der Waals surface area contributed by atoms with Gasteiger partial charge in [0.05, 0.1) is 11.2 Å². The molecule has 1 nitrogen and oxygen atoms in total. The monoisotopic (exact) mass is 879 g/mol. The van der Waals surface area contributed by atoms with Gasteiger partial charge in [0.25, 0.3) is 0 Å². The second kappa shape index (κ2) is 14.6. The standard InChI is InChI=1S/C68H49N/c1-67(2)58-29-17-15-25-49(58)51-35-32-46(38-60(51)67)63-53-27-13-14-28-54(53)64(47-33-36-52-50-26-16-18-30-59(50)68(3,4)61(52)39-47)56-41-62-57(40-55(56)63)65(43-20-7-5-8-21-43)66(44-22-9-6-10-23-44)69(62)48-34-31-42-19-11-12-24-45(42)37-48/h5-41H,1-4H3. The van der Waals surface area contributed by atoms with Crippen molar-refractivity contribution in [1.82, 2.24) is 4.57 Å². The number of fused-ring (bicyclic) bond motifs is 10. The van der Waals surface area contributed by atoms with E-state index in [2.05, 4.69) is 257 Å². The molecule has 326 valence electrons. The second-order valence-corrected chi connectivity index (χ2v) is 20.4. The molecule has 1 heteroatoms. The van der Waals surface area contributed by atoms with Crippen molar-refractivity contribution in [1.29, 1.82) is 0 Å². The van der Waals surface area contributed by atoms with Crippen LogP contribution in [0.15, 0.2) is 224 Å². The molecule has 12 aromatic rings. The third-order valence-corrected chi connectivity index (χ3v) is 16.0. The normalized spacial score (nSPS) is 14.0. The van der Waals surface area contributed by atoms with Gasteiger partial charge in [0.15, 0.2) is 0 Å². The van der Waals surface area contributed by atoms with Gasteiger partial charge in [-0.25, -0.2) is 0 Å². The number of benzene rings is 11. The lowest BCUT2D eigenvalue weighted by atomic mass is 9.79. The predicted molar refractivity (Wildman–Crippen MR) is 293 cm³/mol. The van der Waals surface area contributed by atoms with Gasteiger partial charge in [0, 0.05) is 27.5 Å². The summed E-state index contributed by atoms with van der Waals surface area (Å²) < 4.78 is 2.55. The van der Waals surface area contributed by atoms with E-state index in [1.807, 2.05) is 0 Å². The van der Waals surface area contributed by atoms with E-state index in [0.717, 1.165) is 5.69 Å². The average molecular weight is 880 g/mol. The van der Waals surface area contributed by atoms with Crippen molar-refractivity contribution in [2.75, 3.05) is 0 Å². The van der Waals surface area contributed by atoms with Gasteiger partial charge in [-0.2, -0.15) is 0 Å². The lowest BCUT2D eigenvalue weighted by Gasteiger charge is -2.24. The summed E-state index contributed by atoms with van der Waals surface area (Å²) in [6.07, 6.45) is 0. The van der Waals surface area contributed by atoms with Gasteiger partial charge in [-0.1, -0.05) is 216 Å². The SMILES string of the molecule is CC1(C)c2ccccc2-c2ccc(-c3c4ccccc4c(-c4ccc5c(c4)C(C)(C)c4ccccc4-5)c4cc5c(cc34)c(-c3ccccc3)c(-c3ccccc3)n5-c3ccc4ccccc4c3)cc21. The maximum absolute atomic E-state index is 2.56. The van der Waals surface area contributed by atoms with Crippen LogP contribution in [-0.2, 0) is 10.8 Å². The molecular formula is C68H49N. The molecule has 0 saturated heterocycles. The highest BCUT2D eigenvalue weighted by atomic mass is 15.0. The van der Waals surface area contributed by atoms with Crippen molar-refractivity contribution in [3.63, 3.8) is 0 Å². The molecular weight excluding hydrogens is 831 g/mol. The van der Waals surface area contributed by atoms with Crippen LogP contribution in [0.2, 0.25) is 0 Å². The molecule has 2 aliphatic rings. The van der Waals surface area contributed by atoms with Crippen molar-refractivity contribution in [2.45, 2.75) is 38.5 Å². The van der Waals surface area contributed by atoms with Gasteiger partial charge < -0.3 is 4.57 Å². The molecule has 1 aromatic heterocycles. The molecule has 0 saturated carbocycles. The minimum Gasteiger partial charge on any atom is -0.309 e. The van der Waals surface area contributed by atoms with Crippen LogP contribution in [0.3, 0.4) is 0 Å². The Morgan fingerprint density at radius 3 is 1.36 bits per heavy atom. The fraction of sp³-hybridized carbons (Fsp3) is 0.0882. The molecule has 11 aromatic carbocycles. The Morgan fingerprint density at radius 2 is 0.768 bits per heavy atom. The predicted octanol–water partition coefficient (Wildman–Crippen LogP) is 18.4. The lowest BCUT2D eigenvalue weighted by Crippen LogP contribution is -2.15. The number of hydrogen-bond donors (Lipinski definition) is 0. The summed E-state index contributed by atoms with van der Waals surface area (Å²) in [6, 6.07) is 84.6. The van der Waals surface area contributed by atoms with Gasteiger partial charge in [0.1, 0.15) is 0 Å². The first-order chi connectivity index (χ1) is 33.8. The molecule has 0 radical (unpaired) electrons. The molecule has 0 spiro atoms. The zero-order valence-electron chi connectivity index (χ0n) is 39.3. The molecule has 0 atom stereocenters. The highest BCUT2D eigenvalue weighted by Crippen LogP contribution is 2.55. The van der Waals surface area contributed by atoms with Crippen molar-refractivity contribution in [3.8, 4) is 72.6 Å². The third-order valence-electron chi connectivity index (χ3n) is 16.0. The minimum atomic E-state index is -0.143. The first-order valence-electron chi connectivity index (χ1n) is 24.4. The molecule has 0 N–H and O–H groups in total.